The summed E-state index contributed by atoms with van der Waals surface area (Å²) in [6.45, 7) is 6.70. The molecule has 0 bridgehead atoms. The van der Waals surface area contributed by atoms with Crippen LogP contribution in [0.25, 0.3) is 0 Å². The van der Waals surface area contributed by atoms with Crippen molar-refractivity contribution < 1.29 is 28.6 Å². The summed E-state index contributed by atoms with van der Waals surface area (Å²) in [5.41, 5.74) is 0. The second-order valence-corrected chi connectivity index (χ2v) is 24.5. The van der Waals surface area contributed by atoms with Crippen molar-refractivity contribution in [2.45, 2.75) is 412 Å². The summed E-state index contributed by atoms with van der Waals surface area (Å²) in [5, 5.41) is 0. The van der Waals surface area contributed by atoms with Gasteiger partial charge in [0, 0.05) is 19.3 Å². The fraction of sp³-hybridized carbons (Fsp3) is 0.904. The Kier molecular flexibility index (Phi) is 66.6. The average molecular weight is 1110 g/mol. The van der Waals surface area contributed by atoms with E-state index in [0.29, 0.717) is 19.3 Å². The second-order valence-electron chi connectivity index (χ2n) is 24.5. The highest BCUT2D eigenvalue weighted by Gasteiger charge is 2.19. The van der Waals surface area contributed by atoms with Gasteiger partial charge in [-0.1, -0.05) is 340 Å². The van der Waals surface area contributed by atoms with Crippen LogP contribution in [0.5, 0.6) is 0 Å². The van der Waals surface area contributed by atoms with E-state index in [4.69, 9.17) is 14.2 Å². The van der Waals surface area contributed by atoms with Crippen LogP contribution >= 0.6 is 0 Å². The average Bonchev–Trinajstić information content (AvgIpc) is 3.45. The van der Waals surface area contributed by atoms with Crippen LogP contribution in [-0.4, -0.2) is 37.2 Å². The predicted octanol–water partition coefficient (Wildman–Crippen LogP) is 24.6. The molecule has 1 unspecified atom stereocenters. The molecule has 0 heterocycles. The molecule has 0 aromatic rings. The van der Waals surface area contributed by atoms with E-state index in [2.05, 4.69) is 45.1 Å². The summed E-state index contributed by atoms with van der Waals surface area (Å²) in [6, 6.07) is 0. The van der Waals surface area contributed by atoms with Crippen LogP contribution in [0.3, 0.4) is 0 Å². The molecule has 0 rings (SSSR count). The molecule has 1 atom stereocenters. The van der Waals surface area contributed by atoms with E-state index in [1.54, 1.807) is 0 Å². The Morgan fingerprint density at radius 1 is 0.241 bits per heavy atom. The molecular formula is C73H138O6. The number of carbonyl (C=O) groups is 3. The molecule has 0 aliphatic carbocycles. The molecule has 79 heavy (non-hydrogen) atoms. The quantitative estimate of drug-likeness (QED) is 0.0261. The summed E-state index contributed by atoms with van der Waals surface area (Å²) in [5.74, 6) is -0.838. The van der Waals surface area contributed by atoms with Crippen LogP contribution in [-0.2, 0) is 28.6 Å². The summed E-state index contributed by atoms with van der Waals surface area (Å²) < 4.78 is 17.0. The summed E-state index contributed by atoms with van der Waals surface area (Å²) in [6.07, 6.45) is 83.7. The van der Waals surface area contributed by atoms with Gasteiger partial charge in [0.05, 0.1) is 0 Å². The second kappa shape index (κ2) is 68.4. The first-order chi connectivity index (χ1) is 39.0. The van der Waals surface area contributed by atoms with Crippen molar-refractivity contribution in [3.8, 4) is 0 Å². The van der Waals surface area contributed by atoms with Gasteiger partial charge in [0.15, 0.2) is 6.10 Å². The number of hydrogen-bond acceptors (Lipinski definition) is 6. The minimum Gasteiger partial charge on any atom is -0.462 e. The number of ether oxygens (including phenoxy) is 3. The maximum Gasteiger partial charge on any atom is 0.306 e. The molecule has 0 N–H and O–H groups in total. The monoisotopic (exact) mass is 1110 g/mol. The molecule has 6 nitrogen and oxygen atoms in total. The first-order valence-electron chi connectivity index (χ1n) is 35.8. The molecule has 0 spiro atoms. The number of hydrogen-bond donors (Lipinski definition) is 0. The van der Waals surface area contributed by atoms with E-state index in [1.165, 1.54) is 308 Å². The highest BCUT2D eigenvalue weighted by Crippen LogP contribution is 2.19. The van der Waals surface area contributed by atoms with Crippen molar-refractivity contribution in [3.05, 3.63) is 24.3 Å². The van der Waals surface area contributed by atoms with Crippen molar-refractivity contribution in [1.29, 1.82) is 0 Å². The van der Waals surface area contributed by atoms with Crippen LogP contribution in [0.1, 0.15) is 406 Å². The van der Waals surface area contributed by atoms with E-state index >= 15 is 0 Å². The predicted molar refractivity (Wildman–Crippen MR) is 344 cm³/mol. The van der Waals surface area contributed by atoms with Crippen LogP contribution in [0.4, 0.5) is 0 Å². The van der Waals surface area contributed by atoms with Crippen LogP contribution in [0.15, 0.2) is 24.3 Å². The zero-order chi connectivity index (χ0) is 57.1. The molecule has 0 aliphatic heterocycles. The first kappa shape index (κ1) is 76.9. The molecule has 466 valence electrons. The molecule has 0 radical (unpaired) electrons. The maximum atomic E-state index is 12.9. The lowest BCUT2D eigenvalue weighted by Gasteiger charge is -2.18. The molecule has 0 fully saturated rings. The summed E-state index contributed by atoms with van der Waals surface area (Å²) in [4.78, 5) is 38.3. The van der Waals surface area contributed by atoms with E-state index in [-0.39, 0.29) is 31.1 Å². The van der Waals surface area contributed by atoms with E-state index in [1.807, 2.05) is 0 Å². The van der Waals surface area contributed by atoms with Gasteiger partial charge in [-0.15, -0.1) is 0 Å². The smallest absolute Gasteiger partial charge is 0.306 e. The summed E-state index contributed by atoms with van der Waals surface area (Å²) >= 11 is 0. The van der Waals surface area contributed by atoms with Gasteiger partial charge in [0.25, 0.3) is 0 Å². The molecule has 6 heteroatoms. The molecule has 0 aromatic heterocycles. The lowest BCUT2D eigenvalue weighted by Crippen LogP contribution is -2.30. The lowest BCUT2D eigenvalue weighted by molar-refractivity contribution is -0.167. The standard InChI is InChI=1S/C73H138O6/c1-4-7-10-13-16-19-22-24-26-28-30-31-32-33-34-35-36-37-38-39-40-41-43-44-46-48-51-54-57-60-63-66-72(75)78-69-70(68-77-71(74)65-62-59-56-53-50-21-18-15-12-9-6-3)79-73(76)67-64-61-58-55-52-49-47-45-42-29-27-25-23-20-17-14-11-8-5-2/h25,27-28,30,70H,4-24,26,29,31-69H2,1-3H3/b27-25-,30-28-. The minimum absolute atomic E-state index is 0.0656. The van der Waals surface area contributed by atoms with E-state index in [9.17, 15) is 14.4 Å². The normalized spacial score (nSPS) is 12.1. The first-order valence-corrected chi connectivity index (χ1v) is 35.8. The molecule has 0 saturated heterocycles. The molecule has 0 aliphatic rings. The molecule has 0 amide bonds. The van der Waals surface area contributed by atoms with Gasteiger partial charge < -0.3 is 14.2 Å². The summed E-state index contributed by atoms with van der Waals surface area (Å²) in [7, 11) is 0. The van der Waals surface area contributed by atoms with Gasteiger partial charge in [-0.05, 0) is 70.6 Å². The number of rotatable bonds is 67. The third kappa shape index (κ3) is 66.6. The number of carbonyl (C=O) groups excluding carboxylic acids is 3. The SMILES string of the molecule is CCCCCCCC/C=C\CCCCCCCCCCCC(=O)OC(COC(=O)CCCCCCCCCCCCC)COC(=O)CCCCCCCCCCCCCCCCCCCCC/C=C\CCCCCCCCCC. The molecule has 0 aromatic carbocycles. The number of allylic oxidation sites excluding steroid dienone is 4. The van der Waals surface area contributed by atoms with Gasteiger partial charge in [0.2, 0.25) is 0 Å². The van der Waals surface area contributed by atoms with Gasteiger partial charge in [0.1, 0.15) is 13.2 Å². The van der Waals surface area contributed by atoms with Crippen molar-refractivity contribution >= 4 is 17.9 Å². The van der Waals surface area contributed by atoms with E-state index < -0.39 is 6.10 Å². The fourth-order valence-corrected chi connectivity index (χ4v) is 11.0. The minimum atomic E-state index is -0.768. The lowest BCUT2D eigenvalue weighted by atomic mass is 10.0. The van der Waals surface area contributed by atoms with Crippen molar-refractivity contribution in [1.82, 2.24) is 0 Å². The van der Waals surface area contributed by atoms with Crippen molar-refractivity contribution in [2.24, 2.45) is 0 Å². The Bertz CT molecular complexity index is 1270. The third-order valence-electron chi connectivity index (χ3n) is 16.4. The van der Waals surface area contributed by atoms with Crippen LogP contribution < -0.4 is 0 Å². The highest BCUT2D eigenvalue weighted by atomic mass is 16.6. The molecular weight excluding hydrogens is 973 g/mol. The van der Waals surface area contributed by atoms with Crippen molar-refractivity contribution in [2.75, 3.05) is 13.2 Å². The van der Waals surface area contributed by atoms with Gasteiger partial charge >= 0.3 is 17.9 Å². The molecule has 0 saturated carbocycles. The zero-order valence-corrected chi connectivity index (χ0v) is 53.7. The Labute approximate surface area is 493 Å². The number of unbranched alkanes of at least 4 members (excludes halogenated alkanes) is 52. The third-order valence-corrected chi connectivity index (χ3v) is 16.4. The Hall–Kier alpha value is -2.11. The highest BCUT2D eigenvalue weighted by molar-refractivity contribution is 5.71. The Morgan fingerprint density at radius 3 is 0.633 bits per heavy atom. The number of esters is 3. The van der Waals surface area contributed by atoms with Gasteiger partial charge in [-0.3, -0.25) is 14.4 Å². The van der Waals surface area contributed by atoms with Crippen LogP contribution in [0, 0.1) is 0 Å². The zero-order valence-electron chi connectivity index (χ0n) is 53.7. The van der Waals surface area contributed by atoms with Gasteiger partial charge in [-0.2, -0.15) is 0 Å². The maximum absolute atomic E-state index is 12.9. The van der Waals surface area contributed by atoms with Gasteiger partial charge in [-0.25, -0.2) is 0 Å². The Morgan fingerprint density at radius 2 is 0.418 bits per heavy atom. The topological polar surface area (TPSA) is 78.9 Å². The van der Waals surface area contributed by atoms with Crippen molar-refractivity contribution in [3.63, 3.8) is 0 Å². The largest absolute Gasteiger partial charge is 0.462 e. The van der Waals surface area contributed by atoms with E-state index in [0.717, 1.165) is 57.8 Å². The fourth-order valence-electron chi connectivity index (χ4n) is 11.0. The van der Waals surface area contributed by atoms with Crippen LogP contribution in [0.2, 0.25) is 0 Å². The Balaban J connectivity index is 4.10.